The van der Waals surface area contributed by atoms with E-state index in [2.05, 4.69) is 10.6 Å². The molecule has 0 unspecified atom stereocenters. The molecule has 1 amide bonds. The normalized spacial score (nSPS) is 9.17. The summed E-state index contributed by atoms with van der Waals surface area (Å²) in [5.74, 6) is 0. The van der Waals surface area contributed by atoms with Gasteiger partial charge in [-0.3, -0.25) is 4.79 Å². The Kier molecular flexibility index (Phi) is 2.94. The maximum atomic E-state index is 10.1. The SMILES string of the molecule is CNc1ccc(Cl)c(NC=O)c1. The Morgan fingerprint density at radius 2 is 2.25 bits per heavy atom. The van der Waals surface area contributed by atoms with Crippen LogP contribution in [0.2, 0.25) is 5.02 Å². The van der Waals surface area contributed by atoms with E-state index in [4.69, 9.17) is 11.6 Å². The number of benzene rings is 1. The smallest absolute Gasteiger partial charge is 0.211 e. The van der Waals surface area contributed by atoms with Gasteiger partial charge in [-0.2, -0.15) is 0 Å². The van der Waals surface area contributed by atoms with Gasteiger partial charge in [0.1, 0.15) is 0 Å². The molecular weight excluding hydrogens is 176 g/mol. The number of carbonyl (C=O) groups excluding carboxylic acids is 1. The van der Waals surface area contributed by atoms with Gasteiger partial charge in [0.25, 0.3) is 0 Å². The van der Waals surface area contributed by atoms with Gasteiger partial charge in [0.15, 0.2) is 0 Å². The minimum Gasteiger partial charge on any atom is -0.388 e. The molecule has 0 atom stereocenters. The van der Waals surface area contributed by atoms with Crippen molar-refractivity contribution in [1.82, 2.24) is 0 Å². The summed E-state index contributed by atoms with van der Waals surface area (Å²) in [6.07, 6.45) is 0.598. The molecular formula is C8H9ClN2O. The number of hydrogen-bond donors (Lipinski definition) is 2. The van der Waals surface area contributed by atoms with Crippen molar-refractivity contribution >= 4 is 29.4 Å². The van der Waals surface area contributed by atoms with Crippen molar-refractivity contribution in [3.05, 3.63) is 23.2 Å². The largest absolute Gasteiger partial charge is 0.388 e. The van der Waals surface area contributed by atoms with Crippen LogP contribution in [-0.4, -0.2) is 13.5 Å². The number of rotatable bonds is 3. The van der Waals surface area contributed by atoms with Crippen molar-refractivity contribution < 1.29 is 4.79 Å². The Morgan fingerprint density at radius 1 is 1.50 bits per heavy atom. The monoisotopic (exact) mass is 184 g/mol. The van der Waals surface area contributed by atoms with Crippen LogP contribution in [0, 0.1) is 0 Å². The summed E-state index contributed by atoms with van der Waals surface area (Å²) in [6.45, 7) is 0. The minimum atomic E-state index is 0.529. The molecule has 0 fully saturated rings. The summed E-state index contributed by atoms with van der Waals surface area (Å²) >= 11 is 5.78. The molecule has 12 heavy (non-hydrogen) atoms. The highest BCUT2D eigenvalue weighted by molar-refractivity contribution is 6.33. The first-order valence-electron chi connectivity index (χ1n) is 3.45. The zero-order valence-electron chi connectivity index (χ0n) is 6.60. The molecule has 1 rings (SSSR count). The molecule has 0 aliphatic carbocycles. The highest BCUT2D eigenvalue weighted by Gasteiger charge is 1.98. The molecule has 2 N–H and O–H groups in total. The zero-order valence-corrected chi connectivity index (χ0v) is 7.35. The van der Waals surface area contributed by atoms with Crippen molar-refractivity contribution in [2.45, 2.75) is 0 Å². The summed E-state index contributed by atoms with van der Waals surface area (Å²) in [5, 5.41) is 5.97. The molecule has 64 valence electrons. The molecule has 1 aromatic rings. The van der Waals surface area contributed by atoms with Crippen LogP contribution >= 0.6 is 11.6 Å². The second kappa shape index (κ2) is 3.97. The second-order valence-electron chi connectivity index (χ2n) is 2.21. The van der Waals surface area contributed by atoms with E-state index in [1.165, 1.54) is 0 Å². The molecule has 0 bridgehead atoms. The number of nitrogens with one attached hydrogen (secondary N) is 2. The molecule has 3 nitrogen and oxygen atoms in total. The summed E-state index contributed by atoms with van der Waals surface area (Å²) in [7, 11) is 1.80. The molecule has 0 radical (unpaired) electrons. The highest BCUT2D eigenvalue weighted by Crippen LogP contribution is 2.24. The van der Waals surface area contributed by atoms with Crippen molar-refractivity contribution in [3.8, 4) is 0 Å². The predicted molar refractivity (Wildman–Crippen MR) is 50.7 cm³/mol. The number of anilines is 2. The van der Waals surface area contributed by atoms with Crippen LogP contribution in [-0.2, 0) is 4.79 Å². The van der Waals surface area contributed by atoms with Crippen molar-refractivity contribution in [3.63, 3.8) is 0 Å². The topological polar surface area (TPSA) is 41.1 Å². The standard InChI is InChI=1S/C8H9ClN2O/c1-10-6-2-3-7(9)8(4-6)11-5-12/h2-5,10H,1H3,(H,11,12). The molecule has 0 saturated carbocycles. The van der Waals surface area contributed by atoms with Gasteiger partial charge in [0.05, 0.1) is 10.7 Å². The van der Waals surface area contributed by atoms with E-state index in [-0.39, 0.29) is 0 Å². The van der Waals surface area contributed by atoms with E-state index in [9.17, 15) is 4.79 Å². The van der Waals surface area contributed by atoms with Crippen LogP contribution in [0.3, 0.4) is 0 Å². The van der Waals surface area contributed by atoms with Gasteiger partial charge in [-0.1, -0.05) is 11.6 Å². The summed E-state index contributed by atoms with van der Waals surface area (Å²) in [5.41, 5.74) is 1.52. The van der Waals surface area contributed by atoms with E-state index >= 15 is 0 Å². The van der Waals surface area contributed by atoms with Crippen LogP contribution in [0.1, 0.15) is 0 Å². The highest BCUT2D eigenvalue weighted by atomic mass is 35.5. The fourth-order valence-electron chi connectivity index (χ4n) is 0.855. The zero-order chi connectivity index (χ0) is 8.97. The van der Waals surface area contributed by atoms with Crippen molar-refractivity contribution in [1.29, 1.82) is 0 Å². The Morgan fingerprint density at radius 3 is 2.83 bits per heavy atom. The molecule has 0 aromatic heterocycles. The number of halogens is 1. The van der Waals surface area contributed by atoms with Crippen LogP contribution in [0.15, 0.2) is 18.2 Å². The first kappa shape index (κ1) is 8.87. The maximum absolute atomic E-state index is 10.1. The average molecular weight is 185 g/mol. The van der Waals surface area contributed by atoms with Crippen LogP contribution in [0.4, 0.5) is 11.4 Å². The molecule has 0 heterocycles. The quantitative estimate of drug-likeness (QED) is 0.705. The third-order valence-electron chi connectivity index (χ3n) is 1.47. The van der Waals surface area contributed by atoms with Gasteiger partial charge < -0.3 is 10.6 Å². The van der Waals surface area contributed by atoms with Gasteiger partial charge in [-0.25, -0.2) is 0 Å². The Bertz CT molecular complexity index is 288. The lowest BCUT2D eigenvalue weighted by molar-refractivity contribution is -0.105. The Hall–Kier alpha value is -1.22. The predicted octanol–water partition coefficient (Wildman–Crippen LogP) is 1.95. The van der Waals surface area contributed by atoms with Gasteiger partial charge in [0.2, 0.25) is 6.41 Å². The molecule has 0 spiro atoms. The van der Waals surface area contributed by atoms with Gasteiger partial charge in [-0.15, -0.1) is 0 Å². The maximum Gasteiger partial charge on any atom is 0.211 e. The second-order valence-corrected chi connectivity index (χ2v) is 2.61. The van der Waals surface area contributed by atoms with Crippen molar-refractivity contribution in [2.24, 2.45) is 0 Å². The fraction of sp³-hybridized carbons (Fsp3) is 0.125. The lowest BCUT2D eigenvalue weighted by Crippen LogP contribution is -1.96. The van der Waals surface area contributed by atoms with Gasteiger partial charge >= 0.3 is 0 Å². The summed E-state index contributed by atoms with van der Waals surface area (Å²) in [4.78, 5) is 10.1. The summed E-state index contributed by atoms with van der Waals surface area (Å²) in [6, 6.07) is 5.31. The minimum absolute atomic E-state index is 0.529. The van der Waals surface area contributed by atoms with Crippen LogP contribution in [0.25, 0.3) is 0 Å². The number of hydrogen-bond acceptors (Lipinski definition) is 2. The average Bonchev–Trinajstić information content (AvgIpc) is 2.09. The number of carbonyl (C=O) groups is 1. The van der Waals surface area contributed by atoms with Crippen LogP contribution in [0.5, 0.6) is 0 Å². The Balaban J connectivity index is 2.99. The molecule has 4 heteroatoms. The van der Waals surface area contributed by atoms with Gasteiger partial charge in [-0.05, 0) is 18.2 Å². The van der Waals surface area contributed by atoms with E-state index in [1.807, 2.05) is 6.07 Å². The summed E-state index contributed by atoms with van der Waals surface area (Å²) < 4.78 is 0. The van der Waals surface area contributed by atoms with E-state index in [0.29, 0.717) is 17.1 Å². The first-order valence-corrected chi connectivity index (χ1v) is 3.83. The lowest BCUT2D eigenvalue weighted by Gasteiger charge is -2.04. The van der Waals surface area contributed by atoms with E-state index in [0.717, 1.165) is 5.69 Å². The van der Waals surface area contributed by atoms with Crippen LogP contribution < -0.4 is 10.6 Å². The first-order chi connectivity index (χ1) is 5.77. The van der Waals surface area contributed by atoms with E-state index < -0.39 is 0 Å². The third kappa shape index (κ3) is 1.89. The fourth-order valence-corrected chi connectivity index (χ4v) is 1.03. The lowest BCUT2D eigenvalue weighted by atomic mass is 10.3. The molecule has 0 aliphatic rings. The third-order valence-corrected chi connectivity index (χ3v) is 1.80. The number of amides is 1. The van der Waals surface area contributed by atoms with Gasteiger partial charge in [0, 0.05) is 12.7 Å². The van der Waals surface area contributed by atoms with E-state index in [1.54, 1.807) is 19.2 Å². The molecule has 0 aliphatic heterocycles. The molecule has 0 saturated heterocycles. The molecule has 1 aromatic carbocycles. The Labute approximate surface area is 75.7 Å². The van der Waals surface area contributed by atoms with Crippen molar-refractivity contribution in [2.75, 3.05) is 17.7 Å².